The summed E-state index contributed by atoms with van der Waals surface area (Å²) in [6.07, 6.45) is 0. The lowest BCUT2D eigenvalue weighted by Gasteiger charge is -2.08. The molecule has 0 bridgehead atoms. The maximum absolute atomic E-state index is 10.8. The fourth-order valence-electron chi connectivity index (χ4n) is 1.64. The zero-order chi connectivity index (χ0) is 13.7. The molecule has 4 heteroatoms. The number of ether oxygens (including phenoxy) is 2. The van der Waals surface area contributed by atoms with Crippen LogP contribution in [0.4, 0.5) is 11.4 Å². The first kappa shape index (κ1) is 13.0. The number of nitrogens with one attached hydrogen (secondary N) is 1. The zero-order valence-corrected chi connectivity index (χ0v) is 10.8. The highest BCUT2D eigenvalue weighted by molar-refractivity contribution is 5.70. The Morgan fingerprint density at radius 3 is 2.37 bits per heavy atom. The Labute approximate surface area is 112 Å². The molecule has 0 amide bonds. The number of methoxy groups -OCH3 is 1. The minimum Gasteiger partial charge on any atom is -0.497 e. The van der Waals surface area contributed by atoms with E-state index in [1.165, 1.54) is 6.92 Å². The molecule has 0 aliphatic heterocycles. The van der Waals surface area contributed by atoms with E-state index in [1.54, 1.807) is 19.2 Å². The molecule has 0 saturated heterocycles. The lowest BCUT2D eigenvalue weighted by Crippen LogP contribution is -2.01. The van der Waals surface area contributed by atoms with Gasteiger partial charge in [0.1, 0.15) is 11.5 Å². The Morgan fingerprint density at radius 1 is 1.00 bits per heavy atom. The smallest absolute Gasteiger partial charge is 0.308 e. The minimum absolute atomic E-state index is 0.325. The van der Waals surface area contributed by atoms with Crippen LogP contribution in [0.1, 0.15) is 6.92 Å². The van der Waals surface area contributed by atoms with Crippen LogP contribution in [0.5, 0.6) is 11.5 Å². The van der Waals surface area contributed by atoms with Crippen molar-refractivity contribution in [2.75, 3.05) is 12.4 Å². The van der Waals surface area contributed by atoms with E-state index in [9.17, 15) is 4.79 Å². The standard InChI is InChI=1S/C15H15NO3/c1-11(17)19-14-8-6-12(7-9-14)16-13-4-3-5-15(10-13)18-2/h3-10,16H,1-2H3. The molecule has 0 unspecified atom stereocenters. The van der Waals surface area contributed by atoms with Gasteiger partial charge in [-0.15, -0.1) is 0 Å². The summed E-state index contributed by atoms with van der Waals surface area (Å²) in [5.41, 5.74) is 1.84. The van der Waals surface area contributed by atoms with Crippen LogP contribution in [0.25, 0.3) is 0 Å². The van der Waals surface area contributed by atoms with Crippen LogP contribution in [-0.2, 0) is 4.79 Å². The van der Waals surface area contributed by atoms with Crippen molar-refractivity contribution in [1.29, 1.82) is 0 Å². The Hall–Kier alpha value is -2.49. The van der Waals surface area contributed by atoms with Crippen molar-refractivity contribution >= 4 is 17.3 Å². The number of benzene rings is 2. The lowest BCUT2D eigenvalue weighted by atomic mass is 10.2. The normalized spacial score (nSPS) is 9.79. The predicted octanol–water partition coefficient (Wildman–Crippen LogP) is 3.36. The summed E-state index contributed by atoms with van der Waals surface area (Å²) < 4.78 is 10.1. The van der Waals surface area contributed by atoms with E-state index in [0.29, 0.717) is 5.75 Å². The van der Waals surface area contributed by atoms with Crippen LogP contribution in [0.2, 0.25) is 0 Å². The summed E-state index contributed by atoms with van der Waals surface area (Å²) in [5, 5.41) is 3.24. The summed E-state index contributed by atoms with van der Waals surface area (Å²) in [5.74, 6) is 0.999. The van der Waals surface area contributed by atoms with Crippen LogP contribution in [0.3, 0.4) is 0 Å². The monoisotopic (exact) mass is 257 g/mol. The summed E-state index contributed by atoms with van der Waals surface area (Å²) in [7, 11) is 1.63. The first-order chi connectivity index (χ1) is 9.17. The molecule has 2 aromatic rings. The molecule has 0 fully saturated rings. The molecule has 0 spiro atoms. The number of rotatable bonds is 4. The zero-order valence-electron chi connectivity index (χ0n) is 10.8. The highest BCUT2D eigenvalue weighted by Gasteiger charge is 2.00. The lowest BCUT2D eigenvalue weighted by molar-refractivity contribution is -0.131. The SMILES string of the molecule is COc1cccc(Nc2ccc(OC(C)=O)cc2)c1. The third kappa shape index (κ3) is 3.74. The number of anilines is 2. The largest absolute Gasteiger partial charge is 0.497 e. The highest BCUT2D eigenvalue weighted by atomic mass is 16.5. The molecule has 0 aliphatic rings. The first-order valence-electron chi connectivity index (χ1n) is 5.87. The second-order valence-electron chi connectivity index (χ2n) is 3.97. The van der Waals surface area contributed by atoms with Gasteiger partial charge in [-0.2, -0.15) is 0 Å². The molecule has 1 N–H and O–H groups in total. The molecular formula is C15H15NO3. The quantitative estimate of drug-likeness (QED) is 0.674. The van der Waals surface area contributed by atoms with E-state index in [0.717, 1.165) is 17.1 Å². The van der Waals surface area contributed by atoms with Gasteiger partial charge < -0.3 is 14.8 Å². The van der Waals surface area contributed by atoms with Gasteiger partial charge in [0, 0.05) is 24.4 Å². The molecule has 0 aromatic heterocycles. The van der Waals surface area contributed by atoms with E-state index in [1.807, 2.05) is 36.4 Å². The van der Waals surface area contributed by atoms with Crippen molar-refractivity contribution in [2.45, 2.75) is 6.92 Å². The Balaban J connectivity index is 2.08. The van der Waals surface area contributed by atoms with Gasteiger partial charge in [-0.3, -0.25) is 4.79 Å². The number of carbonyl (C=O) groups excluding carboxylic acids is 1. The Morgan fingerprint density at radius 2 is 1.74 bits per heavy atom. The van der Waals surface area contributed by atoms with Crippen LogP contribution in [0, 0.1) is 0 Å². The van der Waals surface area contributed by atoms with Gasteiger partial charge in [0.05, 0.1) is 7.11 Å². The molecule has 0 aliphatic carbocycles. The molecule has 19 heavy (non-hydrogen) atoms. The number of esters is 1. The van der Waals surface area contributed by atoms with E-state index in [4.69, 9.17) is 9.47 Å². The van der Waals surface area contributed by atoms with Crippen molar-refractivity contribution in [3.05, 3.63) is 48.5 Å². The molecule has 0 saturated carbocycles. The van der Waals surface area contributed by atoms with Crippen molar-refractivity contribution in [3.8, 4) is 11.5 Å². The number of hydrogen-bond donors (Lipinski definition) is 1. The van der Waals surface area contributed by atoms with Crippen molar-refractivity contribution in [1.82, 2.24) is 0 Å². The Kier molecular flexibility index (Phi) is 4.03. The summed E-state index contributed by atoms with van der Waals surface area (Å²) in [6.45, 7) is 1.38. The molecule has 2 rings (SSSR count). The van der Waals surface area contributed by atoms with Crippen LogP contribution < -0.4 is 14.8 Å². The number of carbonyl (C=O) groups is 1. The molecular weight excluding hydrogens is 242 g/mol. The van der Waals surface area contributed by atoms with Crippen LogP contribution >= 0.6 is 0 Å². The summed E-state index contributed by atoms with van der Waals surface area (Å²) in [4.78, 5) is 10.8. The van der Waals surface area contributed by atoms with Crippen molar-refractivity contribution < 1.29 is 14.3 Å². The molecule has 0 heterocycles. The van der Waals surface area contributed by atoms with Crippen molar-refractivity contribution in [3.63, 3.8) is 0 Å². The van der Waals surface area contributed by atoms with Gasteiger partial charge >= 0.3 is 5.97 Å². The van der Waals surface area contributed by atoms with Crippen LogP contribution in [-0.4, -0.2) is 13.1 Å². The fourth-order valence-corrected chi connectivity index (χ4v) is 1.64. The fraction of sp³-hybridized carbons (Fsp3) is 0.133. The van der Waals surface area contributed by atoms with E-state index in [-0.39, 0.29) is 5.97 Å². The average Bonchev–Trinajstić information content (AvgIpc) is 2.41. The predicted molar refractivity (Wildman–Crippen MR) is 74.0 cm³/mol. The molecule has 0 atom stereocenters. The molecule has 98 valence electrons. The van der Waals surface area contributed by atoms with E-state index >= 15 is 0 Å². The van der Waals surface area contributed by atoms with Crippen LogP contribution in [0.15, 0.2) is 48.5 Å². The maximum Gasteiger partial charge on any atom is 0.308 e. The minimum atomic E-state index is -0.325. The van der Waals surface area contributed by atoms with Gasteiger partial charge in [-0.1, -0.05) is 6.07 Å². The average molecular weight is 257 g/mol. The molecule has 2 aromatic carbocycles. The third-order valence-electron chi connectivity index (χ3n) is 2.47. The summed E-state index contributed by atoms with van der Waals surface area (Å²) in [6, 6.07) is 14.8. The van der Waals surface area contributed by atoms with Gasteiger partial charge in [-0.05, 0) is 36.4 Å². The number of hydrogen-bond acceptors (Lipinski definition) is 4. The third-order valence-corrected chi connectivity index (χ3v) is 2.47. The Bertz CT molecular complexity index is 564. The topological polar surface area (TPSA) is 47.6 Å². The second-order valence-corrected chi connectivity index (χ2v) is 3.97. The highest BCUT2D eigenvalue weighted by Crippen LogP contribution is 2.23. The molecule has 4 nitrogen and oxygen atoms in total. The van der Waals surface area contributed by atoms with Crippen molar-refractivity contribution in [2.24, 2.45) is 0 Å². The maximum atomic E-state index is 10.8. The van der Waals surface area contributed by atoms with Gasteiger partial charge in [0.15, 0.2) is 0 Å². The van der Waals surface area contributed by atoms with E-state index < -0.39 is 0 Å². The first-order valence-corrected chi connectivity index (χ1v) is 5.87. The summed E-state index contributed by atoms with van der Waals surface area (Å²) >= 11 is 0. The van der Waals surface area contributed by atoms with Gasteiger partial charge in [0.2, 0.25) is 0 Å². The van der Waals surface area contributed by atoms with E-state index in [2.05, 4.69) is 5.32 Å². The van der Waals surface area contributed by atoms with Gasteiger partial charge in [0.25, 0.3) is 0 Å². The molecule has 0 radical (unpaired) electrons. The van der Waals surface area contributed by atoms with Gasteiger partial charge in [-0.25, -0.2) is 0 Å². The second kappa shape index (κ2) is 5.91.